The first-order chi connectivity index (χ1) is 8.52. The zero-order valence-electron chi connectivity index (χ0n) is 10.9. The molecule has 2 nitrogen and oxygen atoms in total. The Kier molecular flexibility index (Phi) is 4.70. The Morgan fingerprint density at radius 3 is 2.72 bits per heavy atom. The van der Waals surface area contributed by atoms with Gasteiger partial charge in [-0.25, -0.2) is 0 Å². The van der Waals surface area contributed by atoms with Crippen LogP contribution in [0.2, 0.25) is 5.02 Å². The zero-order chi connectivity index (χ0) is 13.3. The van der Waals surface area contributed by atoms with Crippen LogP contribution in [0.5, 0.6) is 0 Å². The number of hydrogen-bond donors (Lipinski definition) is 1. The summed E-state index contributed by atoms with van der Waals surface area (Å²) in [6, 6.07) is 6.34. The van der Waals surface area contributed by atoms with E-state index in [-0.39, 0.29) is 6.04 Å². The molecule has 1 saturated carbocycles. The number of nitrogens with two attached hydrogens (primary N) is 1. The molecule has 100 valence electrons. The van der Waals surface area contributed by atoms with Crippen molar-refractivity contribution in [2.75, 3.05) is 20.1 Å². The van der Waals surface area contributed by atoms with E-state index in [0.29, 0.717) is 6.54 Å². The molecule has 3 unspecified atom stereocenters. The van der Waals surface area contributed by atoms with Crippen LogP contribution in [0.25, 0.3) is 0 Å². The largest absolute Gasteiger partial charge is 0.329 e. The Morgan fingerprint density at radius 2 is 2.22 bits per heavy atom. The second-order valence-corrected chi connectivity index (χ2v) is 6.60. The van der Waals surface area contributed by atoms with Crippen LogP contribution in [-0.4, -0.2) is 25.0 Å². The van der Waals surface area contributed by atoms with E-state index in [9.17, 15) is 0 Å². The van der Waals surface area contributed by atoms with Gasteiger partial charge in [-0.05, 0) is 58.9 Å². The maximum Gasteiger partial charge on any atom is 0.0548 e. The smallest absolute Gasteiger partial charge is 0.0548 e. The fraction of sp³-hybridized carbons (Fsp3) is 0.571. The Morgan fingerprint density at radius 1 is 1.56 bits per heavy atom. The molecule has 0 heterocycles. The van der Waals surface area contributed by atoms with Crippen LogP contribution in [-0.2, 0) is 0 Å². The normalized spacial score (nSPS) is 24.3. The summed E-state index contributed by atoms with van der Waals surface area (Å²) in [7, 11) is 2.16. The molecule has 0 bridgehead atoms. The van der Waals surface area contributed by atoms with Crippen molar-refractivity contribution in [2.45, 2.75) is 19.4 Å². The molecule has 0 radical (unpaired) electrons. The molecule has 4 heteroatoms. The van der Waals surface area contributed by atoms with Crippen molar-refractivity contribution < 1.29 is 0 Å². The minimum atomic E-state index is 0.270. The summed E-state index contributed by atoms with van der Waals surface area (Å²) < 4.78 is 0.938. The summed E-state index contributed by atoms with van der Waals surface area (Å²) in [6.45, 7) is 4.07. The van der Waals surface area contributed by atoms with E-state index < -0.39 is 0 Å². The number of rotatable bonds is 5. The third-order valence-corrected chi connectivity index (χ3v) is 5.10. The number of benzene rings is 1. The highest BCUT2D eigenvalue weighted by molar-refractivity contribution is 9.10. The van der Waals surface area contributed by atoms with Crippen molar-refractivity contribution in [2.24, 2.45) is 17.6 Å². The van der Waals surface area contributed by atoms with Crippen LogP contribution in [0.4, 0.5) is 0 Å². The molecule has 0 aliphatic heterocycles. The minimum absolute atomic E-state index is 0.270. The lowest BCUT2D eigenvalue weighted by atomic mass is 10.1. The van der Waals surface area contributed by atoms with Crippen molar-refractivity contribution in [1.82, 2.24) is 4.90 Å². The van der Waals surface area contributed by atoms with Gasteiger partial charge in [-0.1, -0.05) is 24.6 Å². The predicted molar refractivity (Wildman–Crippen MR) is 80.8 cm³/mol. The van der Waals surface area contributed by atoms with E-state index in [1.165, 1.54) is 12.0 Å². The fourth-order valence-corrected chi connectivity index (χ4v) is 2.95. The first-order valence-corrected chi connectivity index (χ1v) is 7.55. The van der Waals surface area contributed by atoms with Crippen LogP contribution in [0.15, 0.2) is 22.7 Å². The van der Waals surface area contributed by atoms with Gasteiger partial charge < -0.3 is 5.73 Å². The van der Waals surface area contributed by atoms with Gasteiger partial charge in [-0.3, -0.25) is 4.90 Å². The highest BCUT2D eigenvalue weighted by Crippen LogP contribution is 2.39. The Balaban J connectivity index is 2.08. The summed E-state index contributed by atoms with van der Waals surface area (Å²) in [5.74, 6) is 1.72. The highest BCUT2D eigenvalue weighted by Gasteiger charge is 2.34. The molecule has 0 spiro atoms. The van der Waals surface area contributed by atoms with E-state index in [4.69, 9.17) is 17.3 Å². The lowest BCUT2D eigenvalue weighted by Crippen LogP contribution is -2.32. The second kappa shape index (κ2) is 5.91. The third-order valence-electron chi connectivity index (χ3n) is 3.88. The zero-order valence-corrected chi connectivity index (χ0v) is 13.2. The molecular formula is C14H20BrClN2. The quantitative estimate of drug-likeness (QED) is 0.891. The van der Waals surface area contributed by atoms with Gasteiger partial charge in [-0.2, -0.15) is 0 Å². The van der Waals surface area contributed by atoms with Crippen molar-refractivity contribution >= 4 is 27.5 Å². The molecule has 0 saturated heterocycles. The van der Waals surface area contributed by atoms with E-state index in [0.717, 1.165) is 27.9 Å². The summed E-state index contributed by atoms with van der Waals surface area (Å²) in [4.78, 5) is 2.36. The average molecular weight is 332 g/mol. The van der Waals surface area contributed by atoms with Crippen LogP contribution in [0.1, 0.15) is 24.9 Å². The lowest BCUT2D eigenvalue weighted by molar-refractivity contribution is 0.237. The summed E-state index contributed by atoms with van der Waals surface area (Å²) >= 11 is 9.50. The van der Waals surface area contributed by atoms with E-state index >= 15 is 0 Å². The standard InChI is InChI=1S/C14H20BrClN2/c1-9-5-11(9)8-18(2)14(7-17)10-3-4-13(16)12(15)6-10/h3-4,6,9,11,14H,5,7-8,17H2,1-2H3. The lowest BCUT2D eigenvalue weighted by Gasteiger charge is -2.27. The third kappa shape index (κ3) is 3.27. The maximum absolute atomic E-state index is 6.03. The molecule has 1 aromatic rings. The molecule has 2 rings (SSSR count). The first kappa shape index (κ1) is 14.3. The van der Waals surface area contributed by atoms with Crippen molar-refractivity contribution in [3.63, 3.8) is 0 Å². The SMILES string of the molecule is CC1CC1CN(C)C(CN)c1ccc(Cl)c(Br)c1. The summed E-state index contributed by atoms with van der Waals surface area (Å²) in [5, 5.41) is 0.744. The molecular weight excluding hydrogens is 312 g/mol. The van der Waals surface area contributed by atoms with E-state index in [1.54, 1.807) is 0 Å². The van der Waals surface area contributed by atoms with Gasteiger partial charge in [-0.15, -0.1) is 0 Å². The number of hydrogen-bond acceptors (Lipinski definition) is 2. The van der Waals surface area contributed by atoms with Crippen LogP contribution >= 0.6 is 27.5 Å². The molecule has 2 N–H and O–H groups in total. The van der Waals surface area contributed by atoms with Crippen LogP contribution < -0.4 is 5.73 Å². The Bertz CT molecular complexity index is 424. The number of halogens is 2. The van der Waals surface area contributed by atoms with Gasteiger partial charge in [0.15, 0.2) is 0 Å². The summed E-state index contributed by atoms with van der Waals surface area (Å²) in [5.41, 5.74) is 7.16. The molecule has 0 amide bonds. The van der Waals surface area contributed by atoms with Gasteiger partial charge in [0.2, 0.25) is 0 Å². The fourth-order valence-electron chi connectivity index (χ4n) is 2.44. The molecule has 18 heavy (non-hydrogen) atoms. The van der Waals surface area contributed by atoms with E-state index in [1.807, 2.05) is 6.07 Å². The number of likely N-dealkylation sites (N-methyl/N-ethyl adjacent to an activating group) is 1. The van der Waals surface area contributed by atoms with Crippen molar-refractivity contribution in [3.05, 3.63) is 33.3 Å². The predicted octanol–water partition coefficient (Wildman–Crippen LogP) is 3.69. The van der Waals surface area contributed by atoms with Crippen molar-refractivity contribution in [1.29, 1.82) is 0 Å². The van der Waals surface area contributed by atoms with E-state index in [2.05, 4.69) is 46.9 Å². The first-order valence-electron chi connectivity index (χ1n) is 6.38. The molecule has 0 aromatic heterocycles. The molecule has 1 aliphatic carbocycles. The Hall–Kier alpha value is -0.0900. The molecule has 3 atom stereocenters. The van der Waals surface area contributed by atoms with Gasteiger partial charge in [0.1, 0.15) is 0 Å². The van der Waals surface area contributed by atoms with Gasteiger partial charge in [0, 0.05) is 23.6 Å². The average Bonchev–Trinajstić information content (AvgIpc) is 3.00. The van der Waals surface area contributed by atoms with Gasteiger partial charge in [0.05, 0.1) is 5.02 Å². The molecule has 1 aromatic carbocycles. The summed E-state index contributed by atoms with van der Waals surface area (Å²) in [6.07, 6.45) is 1.35. The second-order valence-electron chi connectivity index (χ2n) is 5.34. The van der Waals surface area contributed by atoms with Crippen LogP contribution in [0.3, 0.4) is 0 Å². The topological polar surface area (TPSA) is 29.3 Å². The number of nitrogens with zero attached hydrogens (tertiary/aromatic N) is 1. The monoisotopic (exact) mass is 330 g/mol. The maximum atomic E-state index is 6.03. The van der Waals surface area contributed by atoms with Gasteiger partial charge in [0.25, 0.3) is 0 Å². The highest BCUT2D eigenvalue weighted by atomic mass is 79.9. The minimum Gasteiger partial charge on any atom is -0.329 e. The Labute approximate surface area is 123 Å². The molecule has 1 aliphatic rings. The van der Waals surface area contributed by atoms with Crippen LogP contribution in [0, 0.1) is 11.8 Å². The van der Waals surface area contributed by atoms with Gasteiger partial charge >= 0.3 is 0 Å². The van der Waals surface area contributed by atoms with Crippen molar-refractivity contribution in [3.8, 4) is 0 Å². The molecule has 1 fully saturated rings.